The van der Waals surface area contributed by atoms with Crippen LogP contribution < -0.4 is 5.32 Å². The molecule has 0 aliphatic carbocycles. The van der Waals surface area contributed by atoms with Crippen LogP contribution in [-0.4, -0.2) is 45.5 Å². The van der Waals surface area contributed by atoms with E-state index in [4.69, 9.17) is 0 Å². The number of para-hydroxylation sites is 1. The predicted molar refractivity (Wildman–Crippen MR) is 117 cm³/mol. The number of nitrogens with one attached hydrogen (secondary N) is 1. The van der Waals surface area contributed by atoms with E-state index in [1.807, 2.05) is 45.0 Å². The number of carbonyl (C=O) groups is 2. The van der Waals surface area contributed by atoms with Crippen LogP contribution >= 0.6 is 11.8 Å². The van der Waals surface area contributed by atoms with E-state index in [-0.39, 0.29) is 17.6 Å². The van der Waals surface area contributed by atoms with Crippen molar-refractivity contribution in [2.45, 2.75) is 25.8 Å². The van der Waals surface area contributed by atoms with Gasteiger partial charge in [0, 0.05) is 29.7 Å². The molecule has 0 bridgehead atoms. The second kappa shape index (κ2) is 9.52. The summed E-state index contributed by atoms with van der Waals surface area (Å²) in [5, 5.41) is 4.60. The Bertz CT molecular complexity index is 1020. The van der Waals surface area contributed by atoms with Gasteiger partial charge in [-0.3, -0.25) is 9.59 Å². The van der Waals surface area contributed by atoms with Crippen LogP contribution in [0.3, 0.4) is 0 Å². The highest BCUT2D eigenvalue weighted by molar-refractivity contribution is 8.00. The Kier molecular flexibility index (Phi) is 6.82. The SMILES string of the molecule is CCN(CC)C(=O)c1ccc(NC(=O)CSc2nc(C)nc3ccccc23)cc1. The van der Waals surface area contributed by atoms with Crippen molar-refractivity contribution in [1.29, 1.82) is 0 Å². The molecule has 0 unspecified atom stereocenters. The summed E-state index contributed by atoms with van der Waals surface area (Å²) in [5.41, 5.74) is 2.15. The number of hydrogen-bond donors (Lipinski definition) is 1. The number of carbonyl (C=O) groups excluding carboxylic acids is 2. The van der Waals surface area contributed by atoms with Crippen LogP contribution in [0.4, 0.5) is 5.69 Å². The zero-order valence-electron chi connectivity index (χ0n) is 16.8. The third kappa shape index (κ3) is 5.12. The molecule has 0 aliphatic rings. The monoisotopic (exact) mass is 408 g/mol. The number of nitrogens with zero attached hydrogens (tertiary/aromatic N) is 3. The minimum absolute atomic E-state index is 0.00515. The maximum atomic E-state index is 12.4. The third-order valence-corrected chi connectivity index (χ3v) is 5.48. The Morgan fingerprint density at radius 3 is 2.38 bits per heavy atom. The summed E-state index contributed by atoms with van der Waals surface area (Å²) in [6, 6.07) is 14.8. The highest BCUT2D eigenvalue weighted by atomic mass is 32.2. The lowest BCUT2D eigenvalue weighted by Gasteiger charge is -2.18. The fourth-order valence-electron chi connectivity index (χ4n) is 2.99. The maximum absolute atomic E-state index is 12.4. The summed E-state index contributed by atoms with van der Waals surface area (Å²) in [7, 11) is 0. The first-order valence-corrected chi connectivity index (χ1v) is 10.6. The van der Waals surface area contributed by atoms with Crippen LogP contribution in [-0.2, 0) is 4.79 Å². The van der Waals surface area contributed by atoms with Gasteiger partial charge in [-0.2, -0.15) is 0 Å². The van der Waals surface area contributed by atoms with Gasteiger partial charge in [0.1, 0.15) is 10.9 Å². The number of aryl methyl sites for hydroxylation is 1. The first kappa shape index (κ1) is 20.8. The summed E-state index contributed by atoms with van der Waals surface area (Å²) in [5.74, 6) is 0.785. The number of aromatic nitrogens is 2. The standard InChI is InChI=1S/C22H24N4O2S/c1-4-26(5-2)22(28)16-10-12-17(13-11-16)25-20(27)14-29-21-18-8-6-7-9-19(18)23-15(3)24-21/h6-13H,4-5,14H2,1-3H3,(H,25,27). The van der Waals surface area contributed by atoms with E-state index in [1.54, 1.807) is 29.2 Å². The van der Waals surface area contributed by atoms with Crippen molar-refractivity contribution in [3.63, 3.8) is 0 Å². The summed E-state index contributed by atoms with van der Waals surface area (Å²) in [6.07, 6.45) is 0. The Morgan fingerprint density at radius 1 is 1.00 bits per heavy atom. The quantitative estimate of drug-likeness (QED) is 0.469. The van der Waals surface area contributed by atoms with Gasteiger partial charge in [0.2, 0.25) is 5.91 Å². The van der Waals surface area contributed by atoms with Crippen molar-refractivity contribution in [2.75, 3.05) is 24.2 Å². The molecule has 0 radical (unpaired) electrons. The number of thioether (sulfide) groups is 1. The Morgan fingerprint density at radius 2 is 1.69 bits per heavy atom. The molecule has 1 aromatic heterocycles. The van der Waals surface area contributed by atoms with Crippen LogP contribution in [0.5, 0.6) is 0 Å². The van der Waals surface area contributed by atoms with E-state index in [9.17, 15) is 9.59 Å². The van der Waals surface area contributed by atoms with Crippen molar-refractivity contribution in [1.82, 2.24) is 14.9 Å². The fraction of sp³-hybridized carbons (Fsp3) is 0.273. The van der Waals surface area contributed by atoms with E-state index in [0.717, 1.165) is 15.9 Å². The van der Waals surface area contributed by atoms with Gasteiger partial charge in [-0.15, -0.1) is 0 Å². The predicted octanol–water partition coefficient (Wildman–Crippen LogP) is 4.15. The first-order valence-electron chi connectivity index (χ1n) is 9.57. The number of fused-ring (bicyclic) bond motifs is 1. The molecule has 1 heterocycles. The lowest BCUT2D eigenvalue weighted by atomic mass is 10.2. The van der Waals surface area contributed by atoms with Gasteiger partial charge in [-0.05, 0) is 51.1 Å². The average Bonchev–Trinajstić information content (AvgIpc) is 2.73. The van der Waals surface area contributed by atoms with Crippen molar-refractivity contribution in [2.24, 2.45) is 0 Å². The first-order chi connectivity index (χ1) is 14.0. The Hall–Kier alpha value is -2.93. The van der Waals surface area contributed by atoms with Gasteiger partial charge >= 0.3 is 0 Å². The number of rotatable bonds is 7. The van der Waals surface area contributed by atoms with E-state index in [2.05, 4.69) is 15.3 Å². The number of anilines is 1. The van der Waals surface area contributed by atoms with Crippen LogP contribution in [0.2, 0.25) is 0 Å². The second-order valence-corrected chi connectivity index (χ2v) is 7.45. The fourth-order valence-corrected chi connectivity index (χ4v) is 3.85. The van der Waals surface area contributed by atoms with Gasteiger partial charge < -0.3 is 10.2 Å². The molecule has 2 amide bonds. The van der Waals surface area contributed by atoms with E-state index in [1.165, 1.54) is 11.8 Å². The molecular formula is C22H24N4O2S. The molecule has 0 saturated carbocycles. The van der Waals surface area contributed by atoms with Crippen molar-refractivity contribution < 1.29 is 9.59 Å². The van der Waals surface area contributed by atoms with E-state index < -0.39 is 0 Å². The Balaban J connectivity index is 1.62. The highest BCUT2D eigenvalue weighted by Crippen LogP contribution is 2.25. The Labute approximate surface area is 174 Å². The van der Waals surface area contributed by atoms with Gasteiger partial charge in [-0.25, -0.2) is 9.97 Å². The average molecular weight is 409 g/mol. The zero-order chi connectivity index (χ0) is 20.8. The largest absolute Gasteiger partial charge is 0.339 e. The summed E-state index contributed by atoms with van der Waals surface area (Å²) < 4.78 is 0. The molecule has 150 valence electrons. The molecular weight excluding hydrogens is 384 g/mol. The summed E-state index contributed by atoms with van der Waals surface area (Å²) in [6.45, 7) is 7.09. The molecule has 0 aliphatic heterocycles. The number of hydrogen-bond acceptors (Lipinski definition) is 5. The molecule has 6 nitrogen and oxygen atoms in total. The summed E-state index contributed by atoms with van der Waals surface area (Å²) in [4.78, 5) is 35.4. The summed E-state index contributed by atoms with van der Waals surface area (Å²) >= 11 is 1.39. The van der Waals surface area contributed by atoms with Crippen LogP contribution in [0.25, 0.3) is 10.9 Å². The second-order valence-electron chi connectivity index (χ2n) is 6.48. The molecule has 0 fully saturated rings. The molecule has 3 rings (SSSR count). The molecule has 29 heavy (non-hydrogen) atoms. The van der Waals surface area contributed by atoms with Crippen molar-refractivity contribution in [3.05, 3.63) is 59.9 Å². The number of benzene rings is 2. The van der Waals surface area contributed by atoms with Crippen molar-refractivity contribution in [3.8, 4) is 0 Å². The lowest BCUT2D eigenvalue weighted by molar-refractivity contribution is -0.113. The minimum Gasteiger partial charge on any atom is -0.339 e. The van der Waals surface area contributed by atoms with Crippen molar-refractivity contribution >= 4 is 40.2 Å². The van der Waals surface area contributed by atoms with Gasteiger partial charge in [0.15, 0.2) is 0 Å². The molecule has 1 N–H and O–H groups in total. The smallest absolute Gasteiger partial charge is 0.253 e. The van der Waals surface area contributed by atoms with Gasteiger partial charge in [-0.1, -0.05) is 30.0 Å². The zero-order valence-corrected chi connectivity index (χ0v) is 17.6. The van der Waals surface area contributed by atoms with Gasteiger partial charge in [0.05, 0.1) is 11.3 Å². The van der Waals surface area contributed by atoms with E-state index in [0.29, 0.717) is 30.2 Å². The number of amides is 2. The topological polar surface area (TPSA) is 75.2 Å². The lowest BCUT2D eigenvalue weighted by Crippen LogP contribution is -2.30. The van der Waals surface area contributed by atoms with Crippen LogP contribution in [0.1, 0.15) is 30.0 Å². The molecule has 7 heteroatoms. The third-order valence-electron chi connectivity index (χ3n) is 4.49. The molecule has 3 aromatic rings. The minimum atomic E-state index is -0.127. The molecule has 0 spiro atoms. The molecule has 2 aromatic carbocycles. The normalized spacial score (nSPS) is 10.7. The maximum Gasteiger partial charge on any atom is 0.253 e. The van der Waals surface area contributed by atoms with E-state index >= 15 is 0 Å². The molecule has 0 atom stereocenters. The van der Waals surface area contributed by atoms with Gasteiger partial charge in [0.25, 0.3) is 5.91 Å². The van der Waals surface area contributed by atoms with Crippen LogP contribution in [0.15, 0.2) is 53.6 Å². The molecule has 0 saturated heterocycles. The van der Waals surface area contributed by atoms with Crippen LogP contribution in [0, 0.1) is 6.92 Å². The highest BCUT2D eigenvalue weighted by Gasteiger charge is 2.13.